The zero-order chi connectivity index (χ0) is 8.23. The molecule has 2 nitrogen and oxygen atoms in total. The molecule has 3 N–H and O–H groups in total. The third-order valence-electron chi connectivity index (χ3n) is 1.73. The van der Waals surface area contributed by atoms with Crippen LogP contribution in [0.15, 0.2) is 47.5 Å². The van der Waals surface area contributed by atoms with Crippen molar-refractivity contribution in [1.82, 2.24) is 6.15 Å². The number of fused-ring (bicyclic) bond motifs is 1. The van der Waals surface area contributed by atoms with Crippen LogP contribution >= 0.6 is 0 Å². The van der Waals surface area contributed by atoms with E-state index in [0.29, 0.717) is 0 Å². The van der Waals surface area contributed by atoms with Crippen molar-refractivity contribution < 1.29 is 0 Å². The molecule has 0 unspecified atom stereocenters. The molecule has 1 heterocycles. The van der Waals surface area contributed by atoms with E-state index in [1.807, 2.05) is 42.6 Å². The zero-order valence-corrected chi connectivity index (χ0v) is 7.35. The Labute approximate surface area is 77.9 Å². The number of benzene rings is 1. The summed E-state index contributed by atoms with van der Waals surface area (Å²) in [6, 6.07) is 8.08. The van der Waals surface area contributed by atoms with Crippen LogP contribution in [0.4, 0.5) is 5.69 Å². The maximum Gasteiger partial charge on any atom is 0.0701 e. The molecular formula is C11H12N2. The minimum atomic E-state index is 0. The van der Waals surface area contributed by atoms with Gasteiger partial charge in [-0.25, -0.2) is 0 Å². The van der Waals surface area contributed by atoms with Gasteiger partial charge >= 0.3 is 0 Å². The monoisotopic (exact) mass is 172 g/mol. The van der Waals surface area contributed by atoms with Gasteiger partial charge in [0.2, 0.25) is 0 Å². The predicted molar refractivity (Wildman–Crippen MR) is 57.8 cm³/mol. The summed E-state index contributed by atoms with van der Waals surface area (Å²) >= 11 is 0. The van der Waals surface area contributed by atoms with E-state index >= 15 is 0 Å². The molecule has 0 radical (unpaired) electrons. The molecule has 0 bridgehead atoms. The summed E-state index contributed by atoms with van der Waals surface area (Å²) < 4.78 is 0. The van der Waals surface area contributed by atoms with Gasteiger partial charge in [-0.05, 0) is 12.1 Å². The van der Waals surface area contributed by atoms with Crippen molar-refractivity contribution >= 4 is 18.0 Å². The molecule has 0 saturated heterocycles. The number of hydrogen-bond donors (Lipinski definition) is 1. The Morgan fingerprint density at radius 3 is 2.69 bits per heavy atom. The predicted octanol–water partition coefficient (Wildman–Crippen LogP) is 3.13. The van der Waals surface area contributed by atoms with E-state index in [2.05, 4.69) is 17.1 Å². The fraction of sp³-hybridized carbons (Fsp3) is 0. The van der Waals surface area contributed by atoms with Crippen molar-refractivity contribution in [2.45, 2.75) is 0 Å². The summed E-state index contributed by atoms with van der Waals surface area (Å²) in [6.45, 7) is 0. The van der Waals surface area contributed by atoms with Crippen molar-refractivity contribution in [3.8, 4) is 0 Å². The van der Waals surface area contributed by atoms with Crippen molar-refractivity contribution in [3.05, 3.63) is 48.1 Å². The Balaban J connectivity index is 0.000000845. The second kappa shape index (κ2) is 4.38. The Bertz CT molecular complexity index is 327. The molecule has 0 saturated carbocycles. The smallest absolute Gasteiger partial charge is 0.0701 e. The number of allylic oxidation sites excluding steroid dienone is 3. The average molecular weight is 172 g/mol. The molecule has 1 aromatic rings. The first-order chi connectivity index (χ1) is 5.97. The van der Waals surface area contributed by atoms with Crippen LogP contribution in [-0.4, -0.2) is 6.21 Å². The molecule has 0 atom stereocenters. The third-order valence-corrected chi connectivity index (χ3v) is 1.73. The number of nitrogens with zero attached hydrogens (tertiary/aromatic N) is 1. The first kappa shape index (κ1) is 9.42. The van der Waals surface area contributed by atoms with Crippen molar-refractivity contribution in [1.29, 1.82) is 0 Å². The molecule has 1 aromatic carbocycles. The molecular weight excluding hydrogens is 160 g/mol. The highest BCUT2D eigenvalue weighted by molar-refractivity contribution is 5.79. The summed E-state index contributed by atoms with van der Waals surface area (Å²) in [6.07, 6.45) is 9.78. The van der Waals surface area contributed by atoms with E-state index in [1.165, 1.54) is 0 Å². The SMILES string of the molecule is C1=CC=Nc2ccccc2C=C1.N. The third kappa shape index (κ3) is 2.13. The lowest BCUT2D eigenvalue weighted by atomic mass is 10.1. The molecule has 0 amide bonds. The lowest BCUT2D eigenvalue weighted by Gasteiger charge is -1.99. The molecule has 0 aromatic heterocycles. The second-order valence-corrected chi connectivity index (χ2v) is 2.58. The Morgan fingerprint density at radius 1 is 0.923 bits per heavy atom. The van der Waals surface area contributed by atoms with Gasteiger partial charge in [0, 0.05) is 11.8 Å². The maximum atomic E-state index is 4.28. The van der Waals surface area contributed by atoms with Gasteiger partial charge in [-0.3, -0.25) is 4.99 Å². The minimum absolute atomic E-state index is 0. The molecule has 0 fully saturated rings. The van der Waals surface area contributed by atoms with Gasteiger partial charge in [-0.2, -0.15) is 0 Å². The van der Waals surface area contributed by atoms with E-state index < -0.39 is 0 Å². The fourth-order valence-corrected chi connectivity index (χ4v) is 1.14. The van der Waals surface area contributed by atoms with Crippen molar-refractivity contribution in [2.24, 2.45) is 4.99 Å². The summed E-state index contributed by atoms with van der Waals surface area (Å²) in [7, 11) is 0. The lowest BCUT2D eigenvalue weighted by molar-refractivity contribution is 1.51. The van der Waals surface area contributed by atoms with E-state index in [9.17, 15) is 0 Å². The van der Waals surface area contributed by atoms with Gasteiger partial charge in [0.15, 0.2) is 0 Å². The highest BCUT2D eigenvalue weighted by Crippen LogP contribution is 2.20. The Kier molecular flexibility index (Phi) is 3.17. The van der Waals surface area contributed by atoms with Crippen LogP contribution in [0, 0.1) is 0 Å². The summed E-state index contributed by atoms with van der Waals surface area (Å²) in [5.41, 5.74) is 2.19. The zero-order valence-electron chi connectivity index (χ0n) is 7.35. The number of aliphatic imine (C=N–C) groups is 1. The van der Waals surface area contributed by atoms with Gasteiger partial charge in [0.25, 0.3) is 0 Å². The number of rotatable bonds is 0. The fourth-order valence-electron chi connectivity index (χ4n) is 1.14. The Hall–Kier alpha value is -1.67. The first-order valence-corrected chi connectivity index (χ1v) is 3.93. The lowest BCUT2D eigenvalue weighted by Crippen LogP contribution is -1.76. The number of hydrogen-bond acceptors (Lipinski definition) is 2. The van der Waals surface area contributed by atoms with Crippen LogP contribution in [0.1, 0.15) is 5.56 Å². The molecule has 2 rings (SSSR count). The maximum absolute atomic E-state index is 4.28. The average Bonchev–Trinajstić information content (AvgIpc) is 2.06. The first-order valence-electron chi connectivity index (χ1n) is 3.93. The van der Waals surface area contributed by atoms with E-state index in [1.54, 1.807) is 0 Å². The summed E-state index contributed by atoms with van der Waals surface area (Å²) in [5.74, 6) is 0. The minimum Gasteiger partial charge on any atom is -0.344 e. The normalized spacial score (nSPS) is 12.6. The van der Waals surface area contributed by atoms with Gasteiger partial charge < -0.3 is 6.15 Å². The van der Waals surface area contributed by atoms with E-state index in [-0.39, 0.29) is 6.15 Å². The second-order valence-electron chi connectivity index (χ2n) is 2.58. The summed E-state index contributed by atoms with van der Waals surface area (Å²) in [4.78, 5) is 4.28. The van der Waals surface area contributed by atoms with Crippen LogP contribution in [0.5, 0.6) is 0 Å². The van der Waals surface area contributed by atoms with Crippen LogP contribution in [0.3, 0.4) is 0 Å². The molecule has 1 aliphatic heterocycles. The molecule has 0 spiro atoms. The van der Waals surface area contributed by atoms with Gasteiger partial charge in [-0.15, -0.1) is 0 Å². The molecule has 13 heavy (non-hydrogen) atoms. The van der Waals surface area contributed by atoms with Crippen LogP contribution in [-0.2, 0) is 0 Å². The van der Waals surface area contributed by atoms with Gasteiger partial charge in [0.05, 0.1) is 5.69 Å². The quantitative estimate of drug-likeness (QED) is 0.642. The van der Waals surface area contributed by atoms with Crippen LogP contribution in [0.25, 0.3) is 6.08 Å². The van der Waals surface area contributed by atoms with Crippen molar-refractivity contribution in [2.75, 3.05) is 0 Å². The number of para-hydroxylation sites is 1. The highest BCUT2D eigenvalue weighted by Gasteiger charge is 1.94. The van der Waals surface area contributed by atoms with Crippen LogP contribution in [0.2, 0.25) is 0 Å². The largest absolute Gasteiger partial charge is 0.344 e. The molecule has 1 aliphatic rings. The molecule has 66 valence electrons. The van der Waals surface area contributed by atoms with E-state index in [4.69, 9.17) is 0 Å². The highest BCUT2D eigenvalue weighted by atomic mass is 14.7. The topological polar surface area (TPSA) is 47.4 Å². The molecule has 0 aliphatic carbocycles. The summed E-state index contributed by atoms with van der Waals surface area (Å²) in [5, 5.41) is 0. The van der Waals surface area contributed by atoms with Gasteiger partial charge in [-0.1, -0.05) is 36.4 Å². The standard InChI is InChI=1S/C11H9N.H3N/c1-2-6-10-7-3-4-8-11(10)12-9-5-1;/h1-9H;1H3. The Morgan fingerprint density at radius 2 is 1.77 bits per heavy atom. The van der Waals surface area contributed by atoms with Gasteiger partial charge in [0.1, 0.15) is 0 Å². The van der Waals surface area contributed by atoms with Crippen LogP contribution < -0.4 is 6.15 Å². The molecule has 2 heteroatoms. The van der Waals surface area contributed by atoms with Crippen molar-refractivity contribution in [3.63, 3.8) is 0 Å². The van der Waals surface area contributed by atoms with E-state index in [0.717, 1.165) is 11.3 Å².